The third-order valence-corrected chi connectivity index (χ3v) is 1.61. The topological polar surface area (TPSA) is 40.5 Å². The zero-order valence-corrected chi connectivity index (χ0v) is 6.51. The van der Waals surface area contributed by atoms with Gasteiger partial charge in [0, 0.05) is 0 Å². The number of hydrogen-bond acceptors (Lipinski definition) is 2. The standard InChI is InChI=1S/C10H10O2/c1-2-9(11)10(12)8-6-4-3-5-7-8/h1,3-7,9-12H/t9-,10-/m0/s1. The lowest BCUT2D eigenvalue weighted by Crippen LogP contribution is -2.15. The zero-order valence-electron chi connectivity index (χ0n) is 6.51. The van der Waals surface area contributed by atoms with Crippen LogP contribution in [0.4, 0.5) is 0 Å². The third kappa shape index (κ3) is 1.85. The number of hydrogen-bond donors (Lipinski definition) is 2. The van der Waals surface area contributed by atoms with Gasteiger partial charge in [0.05, 0.1) is 0 Å². The Bertz CT molecular complexity index is 274. The average Bonchev–Trinajstić information content (AvgIpc) is 2.17. The fraction of sp³-hybridized carbons (Fsp3) is 0.200. The molecule has 1 aromatic carbocycles. The van der Waals surface area contributed by atoms with E-state index in [9.17, 15) is 5.11 Å². The number of terminal acetylenes is 1. The van der Waals surface area contributed by atoms with Gasteiger partial charge in [-0.2, -0.15) is 0 Å². The molecule has 1 rings (SSSR count). The Balaban J connectivity index is 2.80. The lowest BCUT2D eigenvalue weighted by atomic mass is 10.1. The summed E-state index contributed by atoms with van der Waals surface area (Å²) < 4.78 is 0. The van der Waals surface area contributed by atoms with Crippen LogP contribution in [0, 0.1) is 12.3 Å². The highest BCUT2D eigenvalue weighted by molar-refractivity contribution is 5.20. The lowest BCUT2D eigenvalue weighted by Gasteiger charge is -2.12. The van der Waals surface area contributed by atoms with Gasteiger partial charge in [-0.1, -0.05) is 36.3 Å². The van der Waals surface area contributed by atoms with E-state index in [0.29, 0.717) is 5.56 Å². The molecule has 0 bridgehead atoms. The summed E-state index contributed by atoms with van der Waals surface area (Å²) in [5, 5.41) is 18.5. The molecular weight excluding hydrogens is 152 g/mol. The summed E-state index contributed by atoms with van der Waals surface area (Å²) in [4.78, 5) is 0. The fourth-order valence-electron chi connectivity index (χ4n) is 0.924. The average molecular weight is 162 g/mol. The summed E-state index contributed by atoms with van der Waals surface area (Å²) in [6, 6.07) is 8.82. The highest BCUT2D eigenvalue weighted by Gasteiger charge is 2.14. The molecule has 0 aliphatic heterocycles. The molecule has 12 heavy (non-hydrogen) atoms. The van der Waals surface area contributed by atoms with Gasteiger partial charge >= 0.3 is 0 Å². The smallest absolute Gasteiger partial charge is 0.144 e. The second-order valence-electron chi connectivity index (χ2n) is 2.47. The molecular formula is C10H10O2. The van der Waals surface area contributed by atoms with Crippen LogP contribution in [-0.2, 0) is 0 Å². The normalized spacial score (nSPS) is 14.8. The molecule has 0 heterocycles. The van der Waals surface area contributed by atoms with Crippen molar-refractivity contribution in [2.75, 3.05) is 0 Å². The van der Waals surface area contributed by atoms with Gasteiger partial charge in [-0.3, -0.25) is 0 Å². The number of aliphatic hydroxyl groups is 2. The van der Waals surface area contributed by atoms with Crippen LogP contribution >= 0.6 is 0 Å². The maximum absolute atomic E-state index is 9.40. The van der Waals surface area contributed by atoms with Crippen LogP contribution in [-0.4, -0.2) is 16.3 Å². The van der Waals surface area contributed by atoms with Crippen molar-refractivity contribution in [3.05, 3.63) is 35.9 Å². The van der Waals surface area contributed by atoms with Gasteiger partial charge in [-0.25, -0.2) is 0 Å². The molecule has 0 saturated heterocycles. The van der Waals surface area contributed by atoms with Crippen molar-refractivity contribution in [3.63, 3.8) is 0 Å². The molecule has 2 heteroatoms. The maximum Gasteiger partial charge on any atom is 0.144 e. The van der Waals surface area contributed by atoms with Crippen LogP contribution in [0.5, 0.6) is 0 Å². The minimum absolute atomic E-state index is 0.628. The van der Waals surface area contributed by atoms with Crippen molar-refractivity contribution >= 4 is 0 Å². The minimum atomic E-state index is -1.13. The molecule has 0 radical (unpaired) electrons. The Labute approximate surface area is 71.5 Å². The van der Waals surface area contributed by atoms with Crippen LogP contribution < -0.4 is 0 Å². The van der Waals surface area contributed by atoms with Gasteiger partial charge in [0.25, 0.3) is 0 Å². The van der Waals surface area contributed by atoms with Gasteiger partial charge in [-0.15, -0.1) is 6.42 Å². The van der Waals surface area contributed by atoms with Crippen molar-refractivity contribution < 1.29 is 10.2 Å². The van der Waals surface area contributed by atoms with E-state index in [0.717, 1.165) is 0 Å². The predicted molar refractivity (Wildman–Crippen MR) is 46.2 cm³/mol. The van der Waals surface area contributed by atoms with E-state index < -0.39 is 12.2 Å². The van der Waals surface area contributed by atoms with Crippen LogP contribution in [0.15, 0.2) is 30.3 Å². The van der Waals surface area contributed by atoms with Crippen LogP contribution in [0.1, 0.15) is 11.7 Å². The van der Waals surface area contributed by atoms with E-state index in [-0.39, 0.29) is 0 Å². The van der Waals surface area contributed by atoms with Crippen molar-refractivity contribution in [1.29, 1.82) is 0 Å². The van der Waals surface area contributed by atoms with Gasteiger partial charge in [0.1, 0.15) is 12.2 Å². The summed E-state index contributed by atoms with van der Waals surface area (Å²) in [6.07, 6.45) is 2.83. The molecule has 0 spiro atoms. The molecule has 0 aliphatic rings. The van der Waals surface area contributed by atoms with Crippen LogP contribution in [0.3, 0.4) is 0 Å². The first-order chi connectivity index (χ1) is 5.75. The van der Waals surface area contributed by atoms with Gasteiger partial charge in [-0.05, 0) is 5.56 Å². The second-order valence-corrected chi connectivity index (χ2v) is 2.47. The van der Waals surface area contributed by atoms with E-state index in [1.54, 1.807) is 24.3 Å². The number of benzene rings is 1. The molecule has 0 aliphatic carbocycles. The quantitative estimate of drug-likeness (QED) is 0.629. The van der Waals surface area contributed by atoms with E-state index in [4.69, 9.17) is 11.5 Å². The van der Waals surface area contributed by atoms with Crippen LogP contribution in [0.25, 0.3) is 0 Å². The molecule has 2 N–H and O–H groups in total. The first-order valence-electron chi connectivity index (χ1n) is 3.63. The highest BCUT2D eigenvalue weighted by Crippen LogP contribution is 2.15. The van der Waals surface area contributed by atoms with Crippen molar-refractivity contribution in [2.24, 2.45) is 0 Å². The summed E-state index contributed by atoms with van der Waals surface area (Å²) >= 11 is 0. The first kappa shape index (κ1) is 8.79. The minimum Gasteiger partial charge on any atom is -0.385 e. The highest BCUT2D eigenvalue weighted by atomic mass is 16.3. The summed E-state index contributed by atoms with van der Waals surface area (Å²) in [7, 11) is 0. The van der Waals surface area contributed by atoms with Gasteiger partial charge in [0.15, 0.2) is 0 Å². The van der Waals surface area contributed by atoms with Gasteiger partial charge < -0.3 is 10.2 Å². The Kier molecular flexibility index (Phi) is 2.87. The number of aliphatic hydroxyl groups excluding tert-OH is 2. The first-order valence-corrected chi connectivity index (χ1v) is 3.63. The molecule has 0 saturated carbocycles. The monoisotopic (exact) mass is 162 g/mol. The molecule has 1 aromatic rings. The Morgan fingerprint density at radius 2 is 1.75 bits per heavy atom. The third-order valence-electron chi connectivity index (χ3n) is 1.61. The summed E-state index contributed by atoms with van der Waals surface area (Å²) in [6.45, 7) is 0. The molecule has 0 fully saturated rings. The molecule has 0 aromatic heterocycles. The van der Waals surface area contributed by atoms with E-state index in [1.807, 2.05) is 6.07 Å². The van der Waals surface area contributed by atoms with Crippen LogP contribution in [0.2, 0.25) is 0 Å². The molecule has 2 atom stereocenters. The molecule has 0 unspecified atom stereocenters. The second kappa shape index (κ2) is 3.91. The Morgan fingerprint density at radius 3 is 2.25 bits per heavy atom. The van der Waals surface area contributed by atoms with E-state index >= 15 is 0 Å². The SMILES string of the molecule is C#C[C@H](O)[C@@H](O)c1ccccc1. The summed E-state index contributed by atoms with van der Waals surface area (Å²) in [5.74, 6) is 2.07. The van der Waals surface area contributed by atoms with Crippen molar-refractivity contribution in [2.45, 2.75) is 12.2 Å². The summed E-state index contributed by atoms with van der Waals surface area (Å²) in [5.41, 5.74) is 0.628. The Morgan fingerprint density at radius 1 is 1.17 bits per heavy atom. The predicted octanol–water partition coefficient (Wildman–Crippen LogP) is 0.714. The lowest BCUT2D eigenvalue weighted by molar-refractivity contribution is 0.0541. The molecule has 2 nitrogen and oxygen atoms in total. The van der Waals surface area contributed by atoms with Crippen molar-refractivity contribution in [1.82, 2.24) is 0 Å². The fourth-order valence-corrected chi connectivity index (χ4v) is 0.924. The van der Waals surface area contributed by atoms with E-state index in [2.05, 4.69) is 5.92 Å². The zero-order chi connectivity index (χ0) is 8.97. The Hall–Kier alpha value is -1.30. The molecule has 0 amide bonds. The van der Waals surface area contributed by atoms with Crippen molar-refractivity contribution in [3.8, 4) is 12.3 Å². The maximum atomic E-state index is 9.40. The van der Waals surface area contributed by atoms with E-state index in [1.165, 1.54) is 0 Å². The largest absolute Gasteiger partial charge is 0.385 e. The van der Waals surface area contributed by atoms with Gasteiger partial charge in [0.2, 0.25) is 0 Å². The molecule has 62 valence electrons. The number of rotatable bonds is 2.